The van der Waals surface area contributed by atoms with Crippen molar-refractivity contribution in [3.63, 3.8) is 0 Å². The van der Waals surface area contributed by atoms with Crippen molar-refractivity contribution in [2.24, 2.45) is 0 Å². The Morgan fingerprint density at radius 2 is 2.06 bits per heavy atom. The molecule has 4 heteroatoms. The topological polar surface area (TPSA) is 9.23 Å². The highest BCUT2D eigenvalue weighted by Crippen LogP contribution is 2.43. The SMILES string of the molecule is COc1ccc2c(c1)CCCC2C(F)(F)F. The van der Waals surface area contributed by atoms with Gasteiger partial charge in [-0.2, -0.15) is 13.2 Å². The molecular weight excluding hydrogens is 217 g/mol. The molecule has 0 bridgehead atoms. The standard InChI is InChI=1S/C12H13F3O/c1-16-9-5-6-10-8(7-9)3-2-4-11(10)12(13,14)15/h5-7,11H,2-4H2,1H3. The first-order chi connectivity index (χ1) is 7.52. The number of aryl methyl sites for hydroxylation is 1. The molecule has 0 N–H and O–H groups in total. The summed E-state index contributed by atoms with van der Waals surface area (Å²) in [6, 6.07) is 4.86. The number of fused-ring (bicyclic) bond motifs is 1. The van der Waals surface area contributed by atoms with Crippen LogP contribution < -0.4 is 4.74 Å². The summed E-state index contributed by atoms with van der Waals surface area (Å²) in [4.78, 5) is 0. The molecule has 1 unspecified atom stereocenters. The lowest BCUT2D eigenvalue weighted by atomic mass is 9.82. The Labute approximate surface area is 92.2 Å². The molecule has 1 aliphatic carbocycles. The molecule has 16 heavy (non-hydrogen) atoms. The van der Waals surface area contributed by atoms with Crippen molar-refractivity contribution in [2.75, 3.05) is 7.11 Å². The van der Waals surface area contributed by atoms with Crippen molar-refractivity contribution in [1.82, 2.24) is 0 Å². The molecule has 1 aliphatic rings. The molecular formula is C12H13F3O. The van der Waals surface area contributed by atoms with Gasteiger partial charge in [-0.05, 0) is 42.5 Å². The largest absolute Gasteiger partial charge is 0.497 e. The number of alkyl halides is 3. The van der Waals surface area contributed by atoms with E-state index in [0.717, 1.165) is 5.56 Å². The van der Waals surface area contributed by atoms with Gasteiger partial charge in [0.05, 0.1) is 13.0 Å². The van der Waals surface area contributed by atoms with Crippen molar-refractivity contribution >= 4 is 0 Å². The highest BCUT2D eigenvalue weighted by atomic mass is 19.4. The minimum Gasteiger partial charge on any atom is -0.497 e. The first-order valence-electron chi connectivity index (χ1n) is 5.26. The molecule has 0 amide bonds. The van der Waals surface area contributed by atoms with E-state index in [-0.39, 0.29) is 6.42 Å². The molecule has 0 saturated heterocycles. The number of rotatable bonds is 1. The summed E-state index contributed by atoms with van der Waals surface area (Å²) < 4.78 is 43.3. The second-order valence-electron chi connectivity index (χ2n) is 4.05. The second kappa shape index (κ2) is 4.00. The van der Waals surface area contributed by atoms with Gasteiger partial charge in [0.2, 0.25) is 0 Å². The zero-order valence-corrected chi connectivity index (χ0v) is 8.97. The number of ether oxygens (including phenoxy) is 1. The molecule has 88 valence electrons. The van der Waals surface area contributed by atoms with Gasteiger partial charge < -0.3 is 4.74 Å². The van der Waals surface area contributed by atoms with Crippen LogP contribution in [0, 0.1) is 0 Å². The van der Waals surface area contributed by atoms with Gasteiger partial charge in [-0.25, -0.2) is 0 Å². The van der Waals surface area contributed by atoms with E-state index in [4.69, 9.17) is 4.74 Å². The van der Waals surface area contributed by atoms with E-state index in [0.29, 0.717) is 24.2 Å². The summed E-state index contributed by atoms with van der Waals surface area (Å²) >= 11 is 0. The van der Waals surface area contributed by atoms with Crippen LogP contribution in [0.15, 0.2) is 18.2 Å². The van der Waals surface area contributed by atoms with Crippen molar-refractivity contribution < 1.29 is 17.9 Å². The number of hydrogen-bond donors (Lipinski definition) is 0. The fourth-order valence-corrected chi connectivity index (χ4v) is 2.26. The molecule has 0 aromatic heterocycles. The fraction of sp³-hybridized carbons (Fsp3) is 0.500. The minimum absolute atomic E-state index is 0.197. The van der Waals surface area contributed by atoms with Crippen LogP contribution in [-0.2, 0) is 6.42 Å². The quantitative estimate of drug-likeness (QED) is 0.715. The van der Waals surface area contributed by atoms with Crippen LogP contribution in [0.3, 0.4) is 0 Å². The number of halogens is 3. The Hall–Kier alpha value is -1.19. The summed E-state index contributed by atoms with van der Waals surface area (Å²) in [5, 5.41) is 0. The summed E-state index contributed by atoms with van der Waals surface area (Å²) in [6.45, 7) is 0. The van der Waals surface area contributed by atoms with Gasteiger partial charge in [0.1, 0.15) is 5.75 Å². The molecule has 0 radical (unpaired) electrons. The lowest BCUT2D eigenvalue weighted by Crippen LogP contribution is -2.24. The Morgan fingerprint density at radius 1 is 1.31 bits per heavy atom. The first kappa shape index (κ1) is 11.3. The van der Waals surface area contributed by atoms with E-state index >= 15 is 0 Å². The molecule has 0 aliphatic heterocycles. The van der Waals surface area contributed by atoms with Crippen LogP contribution in [0.4, 0.5) is 13.2 Å². The molecule has 0 spiro atoms. The van der Waals surface area contributed by atoms with Crippen LogP contribution in [-0.4, -0.2) is 13.3 Å². The van der Waals surface area contributed by atoms with Gasteiger partial charge in [0.15, 0.2) is 0 Å². The Balaban J connectivity index is 2.40. The summed E-state index contributed by atoms with van der Waals surface area (Å²) in [5.74, 6) is -0.677. The van der Waals surface area contributed by atoms with Gasteiger partial charge >= 0.3 is 6.18 Å². The third kappa shape index (κ3) is 2.01. The van der Waals surface area contributed by atoms with Crippen LogP contribution in [0.25, 0.3) is 0 Å². The van der Waals surface area contributed by atoms with Gasteiger partial charge in [0.25, 0.3) is 0 Å². The lowest BCUT2D eigenvalue weighted by molar-refractivity contribution is -0.153. The van der Waals surface area contributed by atoms with Crippen molar-refractivity contribution in [3.8, 4) is 5.75 Å². The molecule has 1 atom stereocenters. The maximum Gasteiger partial charge on any atom is 0.395 e. The van der Waals surface area contributed by atoms with Crippen molar-refractivity contribution in [3.05, 3.63) is 29.3 Å². The second-order valence-corrected chi connectivity index (χ2v) is 4.05. The van der Waals surface area contributed by atoms with E-state index in [1.54, 1.807) is 18.2 Å². The van der Waals surface area contributed by atoms with Crippen LogP contribution in [0.2, 0.25) is 0 Å². The van der Waals surface area contributed by atoms with Gasteiger partial charge in [-0.1, -0.05) is 6.07 Å². The monoisotopic (exact) mass is 230 g/mol. The highest BCUT2D eigenvalue weighted by Gasteiger charge is 2.42. The molecule has 1 aromatic rings. The predicted octanol–water partition coefficient (Wildman–Crippen LogP) is 3.68. The maximum absolute atomic E-state index is 12.8. The molecule has 2 rings (SSSR count). The van der Waals surface area contributed by atoms with Crippen molar-refractivity contribution in [2.45, 2.75) is 31.4 Å². The van der Waals surface area contributed by atoms with Crippen molar-refractivity contribution in [1.29, 1.82) is 0 Å². The average Bonchev–Trinajstić information content (AvgIpc) is 2.26. The zero-order valence-electron chi connectivity index (χ0n) is 8.97. The van der Waals surface area contributed by atoms with Gasteiger partial charge in [-0.3, -0.25) is 0 Å². The van der Waals surface area contributed by atoms with E-state index in [1.807, 2.05) is 0 Å². The third-order valence-electron chi connectivity index (χ3n) is 3.06. The molecule has 0 saturated carbocycles. The summed E-state index contributed by atoms with van der Waals surface area (Å²) in [7, 11) is 1.52. The van der Waals surface area contributed by atoms with E-state index in [2.05, 4.69) is 0 Å². The van der Waals surface area contributed by atoms with E-state index in [9.17, 15) is 13.2 Å². The summed E-state index contributed by atoms with van der Waals surface area (Å²) in [5.41, 5.74) is 1.19. The minimum atomic E-state index is -4.14. The molecule has 0 fully saturated rings. The molecule has 0 heterocycles. The average molecular weight is 230 g/mol. The van der Waals surface area contributed by atoms with Gasteiger partial charge in [0, 0.05) is 0 Å². The number of hydrogen-bond acceptors (Lipinski definition) is 1. The number of benzene rings is 1. The number of methoxy groups -OCH3 is 1. The molecule has 1 aromatic carbocycles. The zero-order chi connectivity index (χ0) is 11.8. The van der Waals surface area contributed by atoms with E-state index in [1.165, 1.54) is 7.11 Å². The molecule has 1 nitrogen and oxygen atoms in total. The van der Waals surface area contributed by atoms with Crippen LogP contribution in [0.5, 0.6) is 5.75 Å². The maximum atomic E-state index is 12.8. The third-order valence-corrected chi connectivity index (χ3v) is 3.06. The fourth-order valence-electron chi connectivity index (χ4n) is 2.26. The van der Waals surface area contributed by atoms with E-state index < -0.39 is 12.1 Å². The van der Waals surface area contributed by atoms with Crippen LogP contribution in [0.1, 0.15) is 29.9 Å². The Bertz CT molecular complexity index is 384. The summed E-state index contributed by atoms with van der Waals surface area (Å²) in [6.07, 6.45) is -2.64. The Morgan fingerprint density at radius 3 is 2.69 bits per heavy atom. The smallest absolute Gasteiger partial charge is 0.395 e. The normalized spacial score (nSPS) is 20.4. The predicted molar refractivity (Wildman–Crippen MR) is 54.7 cm³/mol. The highest BCUT2D eigenvalue weighted by molar-refractivity contribution is 5.39. The van der Waals surface area contributed by atoms with Gasteiger partial charge in [-0.15, -0.1) is 0 Å². The lowest BCUT2D eigenvalue weighted by Gasteiger charge is -2.27. The Kier molecular flexibility index (Phi) is 2.82. The first-order valence-corrected chi connectivity index (χ1v) is 5.26. The van der Waals surface area contributed by atoms with Crippen LogP contribution >= 0.6 is 0 Å².